The number of hydrogen-bond donors (Lipinski definition) is 1. The molecule has 0 fully saturated rings. The van der Waals surface area contributed by atoms with Crippen molar-refractivity contribution in [3.05, 3.63) is 64.7 Å². The van der Waals surface area contributed by atoms with E-state index in [1.54, 1.807) is 13.1 Å². The van der Waals surface area contributed by atoms with Crippen molar-refractivity contribution in [2.75, 3.05) is 0 Å². The molecule has 0 aliphatic carbocycles. The Morgan fingerprint density at radius 2 is 2.05 bits per heavy atom. The maximum Gasteiger partial charge on any atom is 0.251 e. The van der Waals surface area contributed by atoms with E-state index in [9.17, 15) is 9.18 Å². The molecule has 4 heteroatoms. The van der Waals surface area contributed by atoms with Gasteiger partial charge in [-0.15, -0.1) is 0 Å². The number of nitrogens with one attached hydrogen (secondary N) is 1. The summed E-state index contributed by atoms with van der Waals surface area (Å²) >= 11 is 0. The molecule has 19 heavy (non-hydrogen) atoms. The monoisotopic (exact) mass is 258 g/mol. The lowest BCUT2D eigenvalue weighted by Gasteiger charge is -2.06. The smallest absolute Gasteiger partial charge is 0.251 e. The first-order valence-electron chi connectivity index (χ1n) is 6.02. The van der Waals surface area contributed by atoms with Gasteiger partial charge in [-0.2, -0.15) is 0 Å². The van der Waals surface area contributed by atoms with E-state index in [4.69, 9.17) is 0 Å². The SMILES string of the molecule is Cc1ccc(CNC(=O)c2ccc(F)c(C)c2)cn1. The predicted octanol–water partition coefficient (Wildman–Crippen LogP) is 2.77. The summed E-state index contributed by atoms with van der Waals surface area (Å²) in [5.74, 6) is -0.525. The number of amides is 1. The van der Waals surface area contributed by atoms with Crippen molar-refractivity contribution in [3.63, 3.8) is 0 Å². The number of nitrogens with zero attached hydrogens (tertiary/aromatic N) is 1. The molecule has 1 amide bonds. The van der Waals surface area contributed by atoms with Crippen molar-refractivity contribution in [1.29, 1.82) is 0 Å². The van der Waals surface area contributed by atoms with Crippen molar-refractivity contribution in [2.24, 2.45) is 0 Å². The van der Waals surface area contributed by atoms with Crippen molar-refractivity contribution in [1.82, 2.24) is 10.3 Å². The van der Waals surface area contributed by atoms with Gasteiger partial charge in [-0.3, -0.25) is 9.78 Å². The van der Waals surface area contributed by atoms with Crippen LogP contribution >= 0.6 is 0 Å². The fourth-order valence-electron chi connectivity index (χ4n) is 1.67. The van der Waals surface area contributed by atoms with Gasteiger partial charge >= 0.3 is 0 Å². The molecule has 0 saturated carbocycles. The molecule has 1 aromatic carbocycles. The van der Waals surface area contributed by atoms with Crippen molar-refractivity contribution >= 4 is 5.91 Å². The molecular formula is C15H15FN2O. The molecule has 0 aliphatic heterocycles. The van der Waals surface area contributed by atoms with E-state index in [0.29, 0.717) is 17.7 Å². The Bertz CT molecular complexity index is 594. The molecule has 2 aromatic rings. The van der Waals surface area contributed by atoms with E-state index in [-0.39, 0.29) is 11.7 Å². The third-order valence-electron chi connectivity index (χ3n) is 2.85. The van der Waals surface area contributed by atoms with Crippen LogP contribution in [0.1, 0.15) is 27.2 Å². The number of hydrogen-bond acceptors (Lipinski definition) is 2. The summed E-state index contributed by atoms with van der Waals surface area (Å²) in [5.41, 5.74) is 2.78. The fourth-order valence-corrected chi connectivity index (χ4v) is 1.67. The van der Waals surface area contributed by atoms with Crippen LogP contribution in [0.3, 0.4) is 0 Å². The minimum absolute atomic E-state index is 0.219. The number of aromatic nitrogens is 1. The van der Waals surface area contributed by atoms with Crippen LogP contribution in [0, 0.1) is 19.7 Å². The molecule has 0 aliphatic rings. The quantitative estimate of drug-likeness (QED) is 0.919. The Hall–Kier alpha value is -2.23. The Morgan fingerprint density at radius 1 is 1.26 bits per heavy atom. The maximum atomic E-state index is 13.1. The van der Waals surface area contributed by atoms with Gasteiger partial charge in [-0.1, -0.05) is 6.07 Å². The van der Waals surface area contributed by atoms with Crippen molar-refractivity contribution in [2.45, 2.75) is 20.4 Å². The van der Waals surface area contributed by atoms with Crippen molar-refractivity contribution in [3.8, 4) is 0 Å². The molecule has 1 N–H and O–H groups in total. The zero-order valence-electron chi connectivity index (χ0n) is 10.9. The van der Waals surface area contributed by atoms with Gasteiger partial charge in [0.05, 0.1) is 0 Å². The lowest BCUT2D eigenvalue weighted by Crippen LogP contribution is -2.23. The van der Waals surface area contributed by atoms with Gasteiger partial charge in [0.15, 0.2) is 0 Å². The minimum atomic E-state index is -0.306. The molecule has 0 atom stereocenters. The highest BCUT2D eigenvalue weighted by Gasteiger charge is 2.07. The van der Waals surface area contributed by atoms with E-state index < -0.39 is 0 Å². The largest absolute Gasteiger partial charge is 0.348 e. The maximum absolute atomic E-state index is 13.1. The van der Waals surface area contributed by atoms with Gasteiger partial charge in [-0.05, 0) is 49.2 Å². The van der Waals surface area contributed by atoms with Gasteiger partial charge in [0.25, 0.3) is 5.91 Å². The summed E-state index contributed by atoms with van der Waals surface area (Å²) in [6.45, 7) is 3.95. The highest BCUT2D eigenvalue weighted by atomic mass is 19.1. The molecule has 0 spiro atoms. The molecule has 0 saturated heterocycles. The van der Waals surface area contributed by atoms with E-state index in [0.717, 1.165) is 11.3 Å². The van der Waals surface area contributed by atoms with Crippen LogP contribution in [0.2, 0.25) is 0 Å². The highest BCUT2D eigenvalue weighted by Crippen LogP contribution is 2.09. The summed E-state index contributed by atoms with van der Waals surface area (Å²) in [5, 5.41) is 2.78. The highest BCUT2D eigenvalue weighted by molar-refractivity contribution is 5.94. The first-order chi connectivity index (χ1) is 9.06. The van der Waals surface area contributed by atoms with E-state index >= 15 is 0 Å². The van der Waals surface area contributed by atoms with Gasteiger partial charge < -0.3 is 5.32 Å². The van der Waals surface area contributed by atoms with Crippen molar-refractivity contribution < 1.29 is 9.18 Å². The average molecular weight is 258 g/mol. The summed E-state index contributed by atoms with van der Waals surface area (Å²) in [6.07, 6.45) is 1.73. The van der Waals surface area contributed by atoms with E-state index in [2.05, 4.69) is 10.3 Å². The van der Waals surface area contributed by atoms with Gasteiger partial charge in [-0.25, -0.2) is 4.39 Å². The number of halogens is 1. The number of aryl methyl sites for hydroxylation is 2. The van der Waals surface area contributed by atoms with Gasteiger partial charge in [0.1, 0.15) is 5.82 Å². The first-order valence-corrected chi connectivity index (χ1v) is 6.02. The molecule has 0 unspecified atom stereocenters. The van der Waals surface area contributed by atoms with Crippen LogP contribution in [0.25, 0.3) is 0 Å². The van der Waals surface area contributed by atoms with Crippen LogP contribution in [0.5, 0.6) is 0 Å². The number of carbonyl (C=O) groups is 1. The summed E-state index contributed by atoms with van der Waals surface area (Å²) < 4.78 is 13.1. The summed E-state index contributed by atoms with van der Waals surface area (Å²) in [4.78, 5) is 16.0. The molecule has 2 rings (SSSR count). The summed E-state index contributed by atoms with van der Waals surface area (Å²) in [6, 6.07) is 8.13. The minimum Gasteiger partial charge on any atom is -0.348 e. The second-order valence-corrected chi connectivity index (χ2v) is 4.45. The number of benzene rings is 1. The van der Waals surface area contributed by atoms with Crippen LogP contribution in [-0.2, 0) is 6.54 Å². The second-order valence-electron chi connectivity index (χ2n) is 4.45. The average Bonchev–Trinajstić information content (AvgIpc) is 2.41. The molecule has 1 aromatic heterocycles. The zero-order valence-corrected chi connectivity index (χ0v) is 10.9. The fraction of sp³-hybridized carbons (Fsp3) is 0.200. The lowest BCUT2D eigenvalue weighted by molar-refractivity contribution is 0.0950. The van der Waals surface area contributed by atoms with E-state index in [1.807, 2.05) is 19.1 Å². The Morgan fingerprint density at radius 3 is 2.68 bits per heavy atom. The molecule has 1 heterocycles. The molecular weight excluding hydrogens is 243 g/mol. The normalized spacial score (nSPS) is 10.3. The Labute approximate surface area is 111 Å². The number of carbonyl (C=O) groups excluding carboxylic acids is 1. The molecule has 0 radical (unpaired) electrons. The van der Waals surface area contributed by atoms with Crippen LogP contribution in [-0.4, -0.2) is 10.9 Å². The number of rotatable bonds is 3. The molecule has 3 nitrogen and oxygen atoms in total. The van der Waals surface area contributed by atoms with E-state index in [1.165, 1.54) is 18.2 Å². The topological polar surface area (TPSA) is 42.0 Å². The second kappa shape index (κ2) is 5.61. The van der Waals surface area contributed by atoms with Gasteiger partial charge in [0, 0.05) is 24.0 Å². The summed E-state index contributed by atoms with van der Waals surface area (Å²) in [7, 11) is 0. The Kier molecular flexibility index (Phi) is 3.90. The first kappa shape index (κ1) is 13.2. The Balaban J connectivity index is 2.01. The van der Waals surface area contributed by atoms with Crippen LogP contribution in [0.4, 0.5) is 4.39 Å². The predicted molar refractivity (Wildman–Crippen MR) is 71.3 cm³/mol. The van der Waals surface area contributed by atoms with Gasteiger partial charge in [0.2, 0.25) is 0 Å². The van der Waals surface area contributed by atoms with Crippen LogP contribution < -0.4 is 5.32 Å². The number of pyridine rings is 1. The molecule has 0 bridgehead atoms. The zero-order chi connectivity index (χ0) is 13.8. The lowest BCUT2D eigenvalue weighted by atomic mass is 10.1. The molecule has 98 valence electrons. The van der Waals surface area contributed by atoms with Crippen LogP contribution in [0.15, 0.2) is 36.5 Å². The third-order valence-corrected chi connectivity index (χ3v) is 2.85. The standard InChI is InChI=1S/C15H15FN2O/c1-10-7-13(5-6-14(10)16)15(19)18-9-12-4-3-11(2)17-8-12/h3-8H,9H2,1-2H3,(H,18,19). The third kappa shape index (κ3) is 3.37.